The van der Waals surface area contributed by atoms with Gasteiger partial charge in [-0.3, -0.25) is 19.6 Å². The maximum absolute atomic E-state index is 11.5. The van der Waals surface area contributed by atoms with E-state index in [-0.39, 0.29) is 17.9 Å². The van der Waals surface area contributed by atoms with Gasteiger partial charge in [-0.05, 0) is 6.42 Å². The number of nitrogens with zero attached hydrogens (tertiary/aromatic N) is 2. The van der Waals surface area contributed by atoms with Crippen LogP contribution in [-0.4, -0.2) is 21.6 Å². The molecule has 0 aromatic carbocycles. The number of nitrogens with two attached hydrogens (primary N) is 1. The predicted octanol–water partition coefficient (Wildman–Crippen LogP) is -0.681. The SMILES string of the molecule is NCc1cnn(C2CCC(=O)NC2=O)c1. The van der Waals surface area contributed by atoms with E-state index in [4.69, 9.17) is 5.73 Å². The average molecular weight is 208 g/mol. The lowest BCUT2D eigenvalue weighted by Gasteiger charge is -2.20. The van der Waals surface area contributed by atoms with Gasteiger partial charge < -0.3 is 5.73 Å². The quantitative estimate of drug-likeness (QED) is 0.630. The van der Waals surface area contributed by atoms with E-state index < -0.39 is 0 Å². The molecule has 6 nitrogen and oxygen atoms in total. The number of hydrogen-bond donors (Lipinski definition) is 2. The summed E-state index contributed by atoms with van der Waals surface area (Å²) in [7, 11) is 0. The van der Waals surface area contributed by atoms with Gasteiger partial charge >= 0.3 is 0 Å². The van der Waals surface area contributed by atoms with Gasteiger partial charge in [-0.25, -0.2) is 0 Å². The summed E-state index contributed by atoms with van der Waals surface area (Å²) in [5.74, 6) is -0.514. The normalized spacial score (nSPS) is 21.5. The van der Waals surface area contributed by atoms with E-state index in [9.17, 15) is 9.59 Å². The monoisotopic (exact) mass is 208 g/mol. The first-order valence-corrected chi connectivity index (χ1v) is 4.77. The number of piperidine rings is 1. The molecule has 3 N–H and O–H groups in total. The first-order chi connectivity index (χ1) is 7.20. The Bertz CT molecular complexity index is 399. The highest BCUT2D eigenvalue weighted by molar-refractivity contribution is 5.99. The third-order valence-corrected chi connectivity index (χ3v) is 2.42. The molecular weight excluding hydrogens is 196 g/mol. The van der Waals surface area contributed by atoms with Crippen LogP contribution in [-0.2, 0) is 16.1 Å². The van der Waals surface area contributed by atoms with E-state index in [0.717, 1.165) is 5.56 Å². The molecule has 1 aromatic rings. The summed E-state index contributed by atoms with van der Waals surface area (Å²) in [4.78, 5) is 22.4. The molecule has 0 bridgehead atoms. The first-order valence-electron chi connectivity index (χ1n) is 4.77. The highest BCUT2D eigenvalue weighted by Crippen LogP contribution is 2.17. The number of amides is 2. The highest BCUT2D eigenvalue weighted by Gasteiger charge is 2.28. The molecule has 1 unspecified atom stereocenters. The van der Waals surface area contributed by atoms with Crippen molar-refractivity contribution < 1.29 is 9.59 Å². The van der Waals surface area contributed by atoms with Crippen molar-refractivity contribution in [3.05, 3.63) is 18.0 Å². The van der Waals surface area contributed by atoms with E-state index in [1.165, 1.54) is 0 Å². The van der Waals surface area contributed by atoms with Gasteiger partial charge in [0.15, 0.2) is 0 Å². The number of rotatable bonds is 2. The Kier molecular flexibility index (Phi) is 2.51. The van der Waals surface area contributed by atoms with Crippen molar-refractivity contribution in [1.29, 1.82) is 0 Å². The maximum atomic E-state index is 11.5. The molecule has 1 aromatic heterocycles. The minimum absolute atomic E-state index is 0.220. The van der Waals surface area contributed by atoms with Gasteiger partial charge in [-0.1, -0.05) is 0 Å². The standard InChI is InChI=1S/C9H12N4O2/c10-3-6-4-11-13(5-6)7-1-2-8(14)12-9(7)15/h4-5,7H,1-3,10H2,(H,12,14,15). The minimum atomic E-state index is -0.386. The van der Waals surface area contributed by atoms with E-state index in [2.05, 4.69) is 10.4 Å². The summed E-state index contributed by atoms with van der Waals surface area (Å²) in [6.45, 7) is 0.396. The predicted molar refractivity (Wildman–Crippen MR) is 51.5 cm³/mol. The Hall–Kier alpha value is -1.69. The van der Waals surface area contributed by atoms with E-state index in [1.54, 1.807) is 17.1 Å². The Balaban J connectivity index is 2.16. The van der Waals surface area contributed by atoms with Gasteiger partial charge in [0, 0.05) is 24.7 Å². The van der Waals surface area contributed by atoms with Crippen molar-refractivity contribution in [3.63, 3.8) is 0 Å². The first kappa shape index (κ1) is 9.85. The zero-order chi connectivity index (χ0) is 10.8. The molecule has 2 heterocycles. The van der Waals surface area contributed by atoms with Crippen LogP contribution in [0.4, 0.5) is 0 Å². The third-order valence-electron chi connectivity index (χ3n) is 2.42. The van der Waals surface area contributed by atoms with Gasteiger partial charge in [0.2, 0.25) is 5.91 Å². The number of hydrogen-bond acceptors (Lipinski definition) is 4. The van der Waals surface area contributed by atoms with Crippen LogP contribution in [0.1, 0.15) is 24.4 Å². The zero-order valence-corrected chi connectivity index (χ0v) is 8.14. The second-order valence-corrected chi connectivity index (χ2v) is 3.50. The molecular formula is C9H12N4O2. The average Bonchev–Trinajstić information content (AvgIpc) is 2.66. The van der Waals surface area contributed by atoms with Crippen molar-refractivity contribution in [1.82, 2.24) is 15.1 Å². The van der Waals surface area contributed by atoms with E-state index >= 15 is 0 Å². The molecule has 6 heteroatoms. The molecule has 1 aliphatic heterocycles. The van der Waals surface area contributed by atoms with Crippen molar-refractivity contribution in [3.8, 4) is 0 Å². The van der Waals surface area contributed by atoms with Crippen LogP contribution in [0, 0.1) is 0 Å². The van der Waals surface area contributed by atoms with E-state index in [1.807, 2.05) is 0 Å². The van der Waals surface area contributed by atoms with Crippen molar-refractivity contribution in [2.75, 3.05) is 0 Å². The molecule has 1 atom stereocenters. The number of nitrogens with one attached hydrogen (secondary N) is 1. The summed E-state index contributed by atoms with van der Waals surface area (Å²) in [6.07, 6.45) is 4.22. The molecule has 1 fully saturated rings. The fraction of sp³-hybridized carbons (Fsp3) is 0.444. The Morgan fingerprint density at radius 3 is 3.00 bits per heavy atom. The summed E-state index contributed by atoms with van der Waals surface area (Å²) in [6, 6.07) is -0.386. The van der Waals surface area contributed by atoms with Crippen LogP contribution >= 0.6 is 0 Å². The van der Waals surface area contributed by atoms with Crippen LogP contribution in [0.15, 0.2) is 12.4 Å². The fourth-order valence-electron chi connectivity index (χ4n) is 1.59. The summed E-state index contributed by atoms with van der Waals surface area (Å²) in [5.41, 5.74) is 6.32. The maximum Gasteiger partial charge on any atom is 0.251 e. The highest BCUT2D eigenvalue weighted by atomic mass is 16.2. The van der Waals surface area contributed by atoms with Crippen molar-refractivity contribution >= 4 is 11.8 Å². The second kappa shape index (κ2) is 3.82. The Labute approximate surface area is 86.4 Å². The second-order valence-electron chi connectivity index (χ2n) is 3.50. The fourth-order valence-corrected chi connectivity index (χ4v) is 1.59. The molecule has 0 radical (unpaired) electrons. The van der Waals surface area contributed by atoms with Gasteiger partial charge in [-0.2, -0.15) is 5.10 Å². The number of carbonyl (C=O) groups is 2. The molecule has 2 amide bonds. The largest absolute Gasteiger partial charge is 0.326 e. The molecule has 2 rings (SSSR count). The van der Waals surface area contributed by atoms with Crippen LogP contribution in [0.2, 0.25) is 0 Å². The molecule has 1 aliphatic rings. The summed E-state index contributed by atoms with van der Waals surface area (Å²) in [5, 5.41) is 6.34. The van der Waals surface area contributed by atoms with E-state index in [0.29, 0.717) is 19.4 Å². The van der Waals surface area contributed by atoms with Crippen molar-refractivity contribution in [2.24, 2.45) is 5.73 Å². The third kappa shape index (κ3) is 1.89. The van der Waals surface area contributed by atoms with Crippen molar-refractivity contribution in [2.45, 2.75) is 25.4 Å². The summed E-state index contributed by atoms with van der Waals surface area (Å²) < 4.78 is 1.56. The van der Waals surface area contributed by atoms with Gasteiger partial charge in [0.05, 0.1) is 6.20 Å². The van der Waals surface area contributed by atoms with Crippen LogP contribution < -0.4 is 11.1 Å². The molecule has 0 saturated carbocycles. The minimum Gasteiger partial charge on any atom is -0.326 e. The molecule has 0 spiro atoms. The summed E-state index contributed by atoms with van der Waals surface area (Å²) >= 11 is 0. The van der Waals surface area contributed by atoms with Gasteiger partial charge in [-0.15, -0.1) is 0 Å². The Morgan fingerprint density at radius 2 is 2.40 bits per heavy atom. The van der Waals surface area contributed by atoms with Crippen LogP contribution in [0.25, 0.3) is 0 Å². The number of imide groups is 1. The van der Waals surface area contributed by atoms with Crippen LogP contribution in [0.5, 0.6) is 0 Å². The lowest BCUT2D eigenvalue weighted by atomic mass is 10.1. The molecule has 15 heavy (non-hydrogen) atoms. The van der Waals surface area contributed by atoms with Gasteiger partial charge in [0.25, 0.3) is 5.91 Å². The molecule has 0 aliphatic carbocycles. The number of carbonyl (C=O) groups excluding carboxylic acids is 2. The lowest BCUT2D eigenvalue weighted by Crippen LogP contribution is -2.41. The van der Waals surface area contributed by atoms with Crippen LogP contribution in [0.3, 0.4) is 0 Å². The van der Waals surface area contributed by atoms with Gasteiger partial charge in [0.1, 0.15) is 6.04 Å². The zero-order valence-electron chi connectivity index (χ0n) is 8.14. The molecule has 1 saturated heterocycles. The Morgan fingerprint density at radius 1 is 1.60 bits per heavy atom. The number of aromatic nitrogens is 2. The lowest BCUT2D eigenvalue weighted by molar-refractivity contribution is -0.135. The molecule has 80 valence electrons. The smallest absolute Gasteiger partial charge is 0.251 e. The topological polar surface area (TPSA) is 90.0 Å².